The van der Waals surface area contributed by atoms with Crippen molar-refractivity contribution >= 4 is 43.7 Å². The van der Waals surface area contributed by atoms with E-state index in [9.17, 15) is 0 Å². The fraction of sp³-hybridized carbons (Fsp3) is 0.0270. The smallest absolute Gasteiger partial charge is 0.143 e. The van der Waals surface area contributed by atoms with Crippen LogP contribution in [-0.4, -0.2) is 4.57 Å². The summed E-state index contributed by atoms with van der Waals surface area (Å²) in [7, 11) is 0. The van der Waals surface area contributed by atoms with E-state index >= 15 is 0 Å². The van der Waals surface area contributed by atoms with Gasteiger partial charge in [0.15, 0.2) is 0 Å². The van der Waals surface area contributed by atoms with Crippen LogP contribution in [0.2, 0.25) is 0 Å². The van der Waals surface area contributed by atoms with Crippen LogP contribution in [0.5, 0.6) is 0 Å². The lowest BCUT2D eigenvalue weighted by Crippen LogP contribution is -1.94. The van der Waals surface area contributed by atoms with E-state index < -0.39 is 0 Å². The molecule has 0 radical (unpaired) electrons. The van der Waals surface area contributed by atoms with Gasteiger partial charge in [0.2, 0.25) is 0 Å². The third-order valence-corrected chi connectivity index (χ3v) is 8.42. The molecule has 0 fully saturated rings. The lowest BCUT2D eigenvalue weighted by atomic mass is 9.97. The van der Waals surface area contributed by atoms with Gasteiger partial charge in [-0.25, -0.2) is 0 Å². The zero-order chi connectivity index (χ0) is 25.5. The number of furan rings is 1. The highest BCUT2D eigenvalue weighted by atomic mass is 16.3. The van der Waals surface area contributed by atoms with Crippen LogP contribution in [0.3, 0.4) is 0 Å². The summed E-state index contributed by atoms with van der Waals surface area (Å²) in [5.74, 6) is 0. The standard InChI is InChI=1S/C37H23NO/c1-4-13-34-29(8-1)30-9-2-5-14-35(30)38(34)26-18-16-24-21-25-20-23(17-19-27(25)33(24)22-26)28-11-7-12-32-31-10-3-6-15-36(31)39-37(28)32/h1-20,22H,21H2. The van der Waals surface area contributed by atoms with Gasteiger partial charge in [-0.05, 0) is 64.6 Å². The minimum Gasteiger partial charge on any atom is -0.455 e. The summed E-state index contributed by atoms with van der Waals surface area (Å²) in [6.07, 6.45) is 0.946. The normalized spacial score (nSPS) is 12.5. The second kappa shape index (κ2) is 7.72. The van der Waals surface area contributed by atoms with Crippen molar-refractivity contribution in [2.45, 2.75) is 6.42 Å². The predicted octanol–water partition coefficient (Wildman–Crippen LogP) is 9.92. The molecule has 6 aromatic carbocycles. The number of benzene rings is 6. The molecule has 0 aliphatic heterocycles. The first kappa shape index (κ1) is 20.9. The third kappa shape index (κ3) is 2.91. The maximum absolute atomic E-state index is 6.34. The fourth-order valence-corrected chi connectivity index (χ4v) is 6.66. The molecule has 1 aliphatic carbocycles. The van der Waals surface area contributed by atoms with Crippen molar-refractivity contribution in [3.05, 3.63) is 139 Å². The quantitative estimate of drug-likeness (QED) is 0.232. The molecule has 182 valence electrons. The lowest BCUT2D eigenvalue weighted by molar-refractivity contribution is 0.670. The van der Waals surface area contributed by atoms with Gasteiger partial charge >= 0.3 is 0 Å². The molecule has 0 spiro atoms. The maximum atomic E-state index is 6.34. The predicted molar refractivity (Wildman–Crippen MR) is 162 cm³/mol. The van der Waals surface area contributed by atoms with Gasteiger partial charge in [0.25, 0.3) is 0 Å². The molecule has 8 aromatic rings. The van der Waals surface area contributed by atoms with Crippen LogP contribution in [-0.2, 0) is 6.42 Å². The van der Waals surface area contributed by atoms with Crippen LogP contribution >= 0.6 is 0 Å². The Balaban J connectivity index is 1.19. The number of nitrogens with zero attached hydrogens (tertiary/aromatic N) is 1. The molecular formula is C37H23NO. The van der Waals surface area contributed by atoms with Crippen LogP contribution in [0.25, 0.3) is 71.7 Å². The molecule has 1 aliphatic rings. The van der Waals surface area contributed by atoms with E-state index in [1.54, 1.807) is 0 Å². The highest BCUT2D eigenvalue weighted by Gasteiger charge is 2.22. The van der Waals surface area contributed by atoms with Crippen LogP contribution in [0.4, 0.5) is 0 Å². The largest absolute Gasteiger partial charge is 0.455 e. The van der Waals surface area contributed by atoms with Crippen molar-refractivity contribution < 1.29 is 4.42 Å². The Kier molecular flexibility index (Phi) is 4.14. The number of para-hydroxylation sites is 4. The van der Waals surface area contributed by atoms with E-state index in [1.165, 1.54) is 66.1 Å². The van der Waals surface area contributed by atoms with Crippen LogP contribution in [0.15, 0.2) is 132 Å². The summed E-state index contributed by atoms with van der Waals surface area (Å²) in [6.45, 7) is 0. The summed E-state index contributed by atoms with van der Waals surface area (Å²) in [4.78, 5) is 0. The zero-order valence-electron chi connectivity index (χ0n) is 21.2. The monoisotopic (exact) mass is 497 g/mol. The Labute approximate surface area is 225 Å². The molecule has 0 saturated heterocycles. The highest BCUT2D eigenvalue weighted by Crippen LogP contribution is 2.43. The van der Waals surface area contributed by atoms with Crippen LogP contribution in [0.1, 0.15) is 11.1 Å². The molecule has 0 amide bonds. The summed E-state index contributed by atoms with van der Waals surface area (Å²) >= 11 is 0. The molecule has 0 bridgehead atoms. The summed E-state index contributed by atoms with van der Waals surface area (Å²) in [5.41, 5.74) is 13.3. The number of fused-ring (bicyclic) bond motifs is 9. The Bertz CT molecular complexity index is 2210. The van der Waals surface area contributed by atoms with Crippen molar-refractivity contribution in [3.8, 4) is 27.9 Å². The number of hydrogen-bond acceptors (Lipinski definition) is 1. The van der Waals surface area contributed by atoms with Crippen molar-refractivity contribution in [3.63, 3.8) is 0 Å². The second-order valence-electron chi connectivity index (χ2n) is 10.5. The summed E-state index contributed by atoms with van der Waals surface area (Å²) < 4.78 is 8.75. The first-order chi connectivity index (χ1) is 19.3. The van der Waals surface area contributed by atoms with E-state index in [2.05, 4.69) is 120 Å². The van der Waals surface area contributed by atoms with Crippen LogP contribution < -0.4 is 0 Å². The van der Waals surface area contributed by atoms with Crippen molar-refractivity contribution in [1.82, 2.24) is 4.57 Å². The van der Waals surface area contributed by atoms with E-state index in [4.69, 9.17) is 4.42 Å². The summed E-state index contributed by atoms with van der Waals surface area (Å²) in [5, 5.41) is 4.92. The highest BCUT2D eigenvalue weighted by molar-refractivity contribution is 6.10. The van der Waals surface area contributed by atoms with Gasteiger partial charge in [-0.2, -0.15) is 0 Å². The molecule has 2 aromatic heterocycles. The third-order valence-electron chi connectivity index (χ3n) is 8.42. The van der Waals surface area contributed by atoms with E-state index in [1.807, 2.05) is 12.1 Å². The van der Waals surface area contributed by atoms with Crippen molar-refractivity contribution in [2.75, 3.05) is 0 Å². The average Bonchev–Trinajstić information content (AvgIpc) is 3.66. The Hall–Kier alpha value is -5.08. The van der Waals surface area contributed by atoms with Gasteiger partial charge in [-0.15, -0.1) is 0 Å². The molecule has 2 nitrogen and oxygen atoms in total. The molecule has 0 unspecified atom stereocenters. The minimum absolute atomic E-state index is 0.936. The molecule has 9 rings (SSSR count). The Morgan fingerprint density at radius 2 is 1.21 bits per heavy atom. The molecule has 0 saturated carbocycles. The van der Waals surface area contributed by atoms with Gasteiger partial charge < -0.3 is 8.98 Å². The maximum Gasteiger partial charge on any atom is 0.143 e. The van der Waals surface area contributed by atoms with E-state index in [0.29, 0.717) is 0 Å². The van der Waals surface area contributed by atoms with Crippen molar-refractivity contribution in [1.29, 1.82) is 0 Å². The summed E-state index contributed by atoms with van der Waals surface area (Å²) in [6, 6.07) is 46.0. The SMILES string of the molecule is c1ccc2c(c1)oc1c(-c3ccc4c(c3)Cc3ccc(-n5c6ccccc6c6ccccc65)cc3-4)cccc12. The molecule has 2 heteroatoms. The lowest BCUT2D eigenvalue weighted by Gasteiger charge is -2.11. The Morgan fingerprint density at radius 1 is 0.487 bits per heavy atom. The van der Waals surface area contributed by atoms with E-state index in [-0.39, 0.29) is 0 Å². The van der Waals surface area contributed by atoms with Gasteiger partial charge in [-0.3, -0.25) is 0 Å². The average molecular weight is 498 g/mol. The Morgan fingerprint density at radius 3 is 2.03 bits per heavy atom. The number of hydrogen-bond donors (Lipinski definition) is 0. The fourth-order valence-electron chi connectivity index (χ4n) is 6.66. The first-order valence-electron chi connectivity index (χ1n) is 13.5. The van der Waals surface area contributed by atoms with Gasteiger partial charge in [-0.1, -0.05) is 97.1 Å². The topological polar surface area (TPSA) is 18.1 Å². The molecule has 2 heterocycles. The van der Waals surface area contributed by atoms with Crippen LogP contribution in [0, 0.1) is 0 Å². The molecule has 0 N–H and O–H groups in total. The molecule has 39 heavy (non-hydrogen) atoms. The van der Waals surface area contributed by atoms with Gasteiger partial charge in [0.1, 0.15) is 11.2 Å². The van der Waals surface area contributed by atoms with Crippen molar-refractivity contribution in [2.24, 2.45) is 0 Å². The van der Waals surface area contributed by atoms with Gasteiger partial charge in [0, 0.05) is 32.8 Å². The zero-order valence-corrected chi connectivity index (χ0v) is 21.2. The number of rotatable bonds is 2. The molecular weight excluding hydrogens is 474 g/mol. The van der Waals surface area contributed by atoms with Gasteiger partial charge in [0.05, 0.1) is 11.0 Å². The van der Waals surface area contributed by atoms with E-state index in [0.717, 1.165) is 23.2 Å². The number of aromatic nitrogens is 1. The minimum atomic E-state index is 0.936. The molecule has 0 atom stereocenters. The first-order valence-corrected chi connectivity index (χ1v) is 13.5. The second-order valence-corrected chi connectivity index (χ2v) is 10.5.